The van der Waals surface area contributed by atoms with Crippen molar-refractivity contribution in [2.45, 2.75) is 271 Å². The second kappa shape index (κ2) is 46.1. The highest BCUT2D eigenvalue weighted by atomic mass is 16.7. The van der Waals surface area contributed by atoms with Crippen LogP contribution < -0.4 is 0 Å². The maximum absolute atomic E-state index is 6.46. The van der Waals surface area contributed by atoms with Crippen LogP contribution >= 0.6 is 0 Å². The van der Waals surface area contributed by atoms with Crippen LogP contribution in [0.25, 0.3) is 0 Å². The fourth-order valence-corrected chi connectivity index (χ4v) is 8.14. The molecule has 7 nitrogen and oxygen atoms in total. The molecule has 0 aromatic carbocycles. The molecule has 0 aliphatic rings. The first-order valence-electron chi connectivity index (χ1n) is 25.5. The van der Waals surface area contributed by atoms with E-state index in [1.807, 2.05) is 0 Å². The van der Waals surface area contributed by atoms with Gasteiger partial charge in [-0.1, -0.05) is 220 Å². The molecule has 0 N–H and O–H groups in total. The lowest BCUT2D eigenvalue weighted by atomic mass is 10.0. The molecule has 2 atom stereocenters. The van der Waals surface area contributed by atoms with Gasteiger partial charge in [0.1, 0.15) is 23.7 Å². The zero-order chi connectivity index (χ0) is 43.3. The number of rotatable bonds is 48. The maximum Gasteiger partial charge on any atom is 0.162 e. The zero-order valence-corrected chi connectivity index (χ0v) is 40.9. The molecule has 2 unspecified atom stereocenters. The Morgan fingerprint density at radius 2 is 0.559 bits per heavy atom. The smallest absolute Gasteiger partial charge is 0.162 e. The van der Waals surface area contributed by atoms with Crippen molar-refractivity contribution in [1.82, 2.24) is 0 Å². The number of hydrogen-bond donors (Lipinski definition) is 0. The minimum absolute atomic E-state index is 0.119. The summed E-state index contributed by atoms with van der Waals surface area (Å²) in [5.74, 6) is 3.43. The maximum atomic E-state index is 6.46. The third-order valence-corrected chi connectivity index (χ3v) is 11.9. The number of ether oxygens (including phenoxy) is 7. The Labute approximate surface area is 368 Å². The third-order valence-electron chi connectivity index (χ3n) is 11.9. The van der Waals surface area contributed by atoms with Gasteiger partial charge in [0.25, 0.3) is 0 Å². The average Bonchev–Trinajstić information content (AvgIpc) is 3.25. The highest BCUT2D eigenvalue weighted by molar-refractivity contribution is 5.08. The molecule has 0 amide bonds. The Kier molecular flexibility index (Phi) is 44.9. The fraction of sp³-hybridized carbons (Fsp3) is 0.923. The van der Waals surface area contributed by atoms with Crippen LogP contribution in [0.4, 0.5) is 0 Å². The van der Waals surface area contributed by atoms with Crippen LogP contribution in [0.2, 0.25) is 0 Å². The van der Waals surface area contributed by atoms with Gasteiger partial charge >= 0.3 is 0 Å². The van der Waals surface area contributed by atoms with Crippen molar-refractivity contribution < 1.29 is 33.2 Å². The predicted molar refractivity (Wildman–Crippen MR) is 252 cm³/mol. The van der Waals surface area contributed by atoms with Gasteiger partial charge in [-0.2, -0.15) is 0 Å². The summed E-state index contributed by atoms with van der Waals surface area (Å²) in [6.45, 7) is 9.34. The van der Waals surface area contributed by atoms with Gasteiger partial charge in [-0.3, -0.25) is 0 Å². The first-order valence-corrected chi connectivity index (χ1v) is 25.5. The number of methoxy groups -OCH3 is 4. The van der Waals surface area contributed by atoms with E-state index in [1.165, 1.54) is 180 Å². The van der Waals surface area contributed by atoms with Crippen LogP contribution in [0.1, 0.15) is 259 Å². The van der Waals surface area contributed by atoms with Gasteiger partial charge in [0.05, 0.1) is 28.4 Å². The van der Waals surface area contributed by atoms with Crippen molar-refractivity contribution in [3.63, 3.8) is 0 Å². The van der Waals surface area contributed by atoms with Gasteiger partial charge in [-0.05, 0) is 25.7 Å². The molecular formula is C52H102O7. The van der Waals surface area contributed by atoms with Gasteiger partial charge in [0, 0.05) is 12.8 Å². The largest absolute Gasteiger partial charge is 0.497 e. The summed E-state index contributed by atoms with van der Waals surface area (Å²) < 4.78 is 43.0. The van der Waals surface area contributed by atoms with Crippen molar-refractivity contribution >= 4 is 0 Å². The van der Waals surface area contributed by atoms with E-state index in [0.717, 1.165) is 74.4 Å². The number of hydrogen-bond acceptors (Lipinski definition) is 7. The summed E-state index contributed by atoms with van der Waals surface area (Å²) in [6.07, 6.45) is 44.0. The summed E-state index contributed by atoms with van der Waals surface area (Å²) >= 11 is 0. The van der Waals surface area contributed by atoms with Gasteiger partial charge in [0.2, 0.25) is 0 Å². The van der Waals surface area contributed by atoms with Crippen molar-refractivity contribution in [1.29, 1.82) is 0 Å². The van der Waals surface area contributed by atoms with E-state index >= 15 is 0 Å². The molecule has 0 rings (SSSR count). The van der Waals surface area contributed by atoms with Crippen molar-refractivity contribution in [2.75, 3.05) is 42.0 Å². The molecule has 0 saturated carbocycles. The Hall–Kier alpha value is -1.44. The minimum atomic E-state index is -0.223. The third kappa shape index (κ3) is 33.8. The second-order valence-electron chi connectivity index (χ2n) is 17.1. The molecule has 0 heterocycles. The van der Waals surface area contributed by atoms with E-state index in [1.54, 1.807) is 28.4 Å². The molecule has 0 fully saturated rings. The summed E-state index contributed by atoms with van der Waals surface area (Å²) in [7, 11) is 7.05. The van der Waals surface area contributed by atoms with Gasteiger partial charge in [-0.15, -0.1) is 0 Å². The van der Waals surface area contributed by atoms with Crippen LogP contribution in [0, 0.1) is 0 Å². The molecule has 0 saturated heterocycles. The van der Waals surface area contributed by atoms with Crippen LogP contribution in [0.5, 0.6) is 0 Å². The van der Waals surface area contributed by atoms with Gasteiger partial charge in [-0.25, -0.2) is 0 Å². The molecule has 0 aliphatic carbocycles. The topological polar surface area (TPSA) is 64.6 Å². The van der Waals surface area contributed by atoms with Crippen molar-refractivity contribution in [3.8, 4) is 0 Å². The zero-order valence-electron chi connectivity index (χ0n) is 40.9. The van der Waals surface area contributed by atoms with E-state index in [4.69, 9.17) is 33.2 Å². The monoisotopic (exact) mass is 839 g/mol. The van der Waals surface area contributed by atoms with Crippen LogP contribution in [-0.4, -0.2) is 54.2 Å². The SMILES string of the molecule is CCCCCCCCCCCCC(OC)=C(OC)C(CCCCCCCC)OCOCOC(CCCCCCCC)C(OC)=C(CCCCCCCCCCCC)OC. The quantitative estimate of drug-likeness (QED) is 0.0343. The van der Waals surface area contributed by atoms with Crippen LogP contribution in [0.15, 0.2) is 23.0 Å². The van der Waals surface area contributed by atoms with E-state index in [2.05, 4.69) is 27.7 Å². The summed E-state index contributed by atoms with van der Waals surface area (Å²) in [5.41, 5.74) is 0. The fourth-order valence-electron chi connectivity index (χ4n) is 8.14. The summed E-state index contributed by atoms with van der Waals surface area (Å²) in [6, 6.07) is 0. The van der Waals surface area contributed by atoms with E-state index < -0.39 is 0 Å². The second-order valence-corrected chi connectivity index (χ2v) is 17.1. The minimum Gasteiger partial charge on any atom is -0.497 e. The molecule has 59 heavy (non-hydrogen) atoms. The highest BCUT2D eigenvalue weighted by Crippen LogP contribution is 2.27. The van der Waals surface area contributed by atoms with E-state index in [-0.39, 0.29) is 25.8 Å². The normalized spacial score (nSPS) is 13.6. The molecule has 0 spiro atoms. The van der Waals surface area contributed by atoms with Gasteiger partial charge < -0.3 is 33.2 Å². The Morgan fingerprint density at radius 3 is 0.814 bits per heavy atom. The molecule has 0 aliphatic heterocycles. The van der Waals surface area contributed by atoms with E-state index in [9.17, 15) is 0 Å². The lowest BCUT2D eigenvalue weighted by Crippen LogP contribution is -2.24. The molecule has 0 aromatic heterocycles. The first kappa shape index (κ1) is 57.6. The molecule has 352 valence electrons. The van der Waals surface area contributed by atoms with Gasteiger partial charge in [0.15, 0.2) is 25.1 Å². The Bertz CT molecular complexity index is 847. The molecule has 0 aromatic rings. The molecule has 0 bridgehead atoms. The summed E-state index contributed by atoms with van der Waals surface area (Å²) in [5, 5.41) is 0. The van der Waals surface area contributed by atoms with Crippen LogP contribution in [0.3, 0.4) is 0 Å². The Balaban J connectivity index is 5.45. The van der Waals surface area contributed by atoms with Crippen molar-refractivity contribution in [2.24, 2.45) is 0 Å². The molecule has 0 radical (unpaired) electrons. The average molecular weight is 839 g/mol. The predicted octanol–water partition coefficient (Wildman–Crippen LogP) is 16.8. The van der Waals surface area contributed by atoms with E-state index in [0.29, 0.717) is 0 Å². The lowest BCUT2D eigenvalue weighted by Gasteiger charge is -2.24. The highest BCUT2D eigenvalue weighted by Gasteiger charge is 2.24. The number of allylic oxidation sites excluding steroid dienone is 2. The summed E-state index contributed by atoms with van der Waals surface area (Å²) in [4.78, 5) is 0. The van der Waals surface area contributed by atoms with Crippen molar-refractivity contribution in [3.05, 3.63) is 23.0 Å². The number of unbranched alkanes of at least 4 members (excludes halogenated alkanes) is 28. The molecule has 7 heteroatoms. The first-order chi connectivity index (χ1) is 29.1. The molecular weight excluding hydrogens is 737 g/mol. The standard InChI is InChI=1S/C52H102O7/c1-9-13-17-21-25-27-29-31-35-37-41-47(53-5)51(55-7)49(43-39-33-23-19-15-11-3)58-45-57-46-59-50(44-40-34-24-20-16-12-4)52(56-8)48(54-6)42-38-36-32-30-28-26-22-18-14-10-2/h49-50H,9-46H2,1-8H3. The Morgan fingerprint density at radius 1 is 0.305 bits per heavy atom. The van der Waals surface area contributed by atoms with Crippen LogP contribution in [-0.2, 0) is 33.2 Å². The lowest BCUT2D eigenvalue weighted by molar-refractivity contribution is -0.166.